The number of carbonyl (C=O) groups excluding carboxylic acids is 1. The average molecular weight is 269 g/mol. The molecule has 4 heteroatoms. The lowest BCUT2D eigenvalue weighted by molar-refractivity contribution is -0.119. The molecule has 0 saturated carbocycles. The minimum Gasteiger partial charge on any atom is -0.481 e. The first kappa shape index (κ1) is 16.8. The zero-order chi connectivity index (χ0) is 14.0. The van der Waals surface area contributed by atoms with Crippen LogP contribution in [0.4, 0.5) is 0 Å². The number of thiocarbonyl (C=S) groups is 1. The smallest absolute Gasteiger partial charge is 0.216 e. The molecule has 0 heterocycles. The van der Waals surface area contributed by atoms with Gasteiger partial charge in [-0.3, -0.25) is 4.79 Å². The molecule has 0 fully saturated rings. The Morgan fingerprint density at radius 1 is 1.28 bits per heavy atom. The molecule has 0 aromatic rings. The first-order valence-electron chi connectivity index (χ1n) is 6.23. The van der Waals surface area contributed by atoms with E-state index in [0.29, 0.717) is 18.2 Å². The molecule has 0 aliphatic carbocycles. The molecule has 0 bridgehead atoms. The van der Waals surface area contributed by atoms with Crippen LogP contribution < -0.4 is 5.32 Å². The van der Waals surface area contributed by atoms with Crippen LogP contribution in [-0.2, 0) is 9.53 Å². The second-order valence-corrected chi connectivity index (χ2v) is 4.60. The Morgan fingerprint density at radius 3 is 2.50 bits per heavy atom. The van der Waals surface area contributed by atoms with E-state index in [9.17, 15) is 4.79 Å². The van der Waals surface area contributed by atoms with Crippen LogP contribution in [0.15, 0.2) is 23.3 Å². The van der Waals surface area contributed by atoms with Crippen LogP contribution in [0, 0.1) is 0 Å². The molecular weight excluding hydrogens is 246 g/mol. The predicted molar refractivity (Wildman–Crippen MR) is 79.7 cm³/mol. The number of rotatable bonds is 7. The van der Waals surface area contributed by atoms with Gasteiger partial charge in [0.1, 0.15) is 6.61 Å². The van der Waals surface area contributed by atoms with Crippen LogP contribution in [0.1, 0.15) is 40.5 Å². The van der Waals surface area contributed by atoms with E-state index in [1.54, 1.807) is 0 Å². The maximum atomic E-state index is 10.6. The van der Waals surface area contributed by atoms with E-state index in [0.717, 1.165) is 18.4 Å². The van der Waals surface area contributed by atoms with Gasteiger partial charge in [-0.15, -0.1) is 0 Å². The quantitative estimate of drug-likeness (QED) is 0.334. The van der Waals surface area contributed by atoms with E-state index in [2.05, 4.69) is 25.2 Å². The van der Waals surface area contributed by atoms with Crippen molar-refractivity contribution in [3.8, 4) is 0 Å². The van der Waals surface area contributed by atoms with Gasteiger partial charge in [0.15, 0.2) is 5.05 Å². The zero-order valence-corrected chi connectivity index (χ0v) is 12.5. The van der Waals surface area contributed by atoms with E-state index < -0.39 is 0 Å². The normalized spacial score (nSPS) is 12.2. The van der Waals surface area contributed by atoms with Gasteiger partial charge in [0.25, 0.3) is 0 Å². The first-order chi connectivity index (χ1) is 8.47. The van der Waals surface area contributed by atoms with E-state index in [1.165, 1.54) is 12.5 Å². The number of amides is 1. The van der Waals surface area contributed by atoms with Gasteiger partial charge in [-0.2, -0.15) is 0 Å². The standard InChI is InChI=1S/C14H23NO2S/c1-5-6-11(2)7-8-12(3)14(18)17-10-9-15-13(4)16/h7-8H,5-6,9-10H2,1-4H3,(H,15,16)/b11-7+,12-8+. The van der Waals surface area contributed by atoms with E-state index in [-0.39, 0.29) is 5.91 Å². The van der Waals surface area contributed by atoms with Crippen LogP contribution >= 0.6 is 12.2 Å². The molecule has 0 unspecified atom stereocenters. The van der Waals surface area contributed by atoms with Gasteiger partial charge < -0.3 is 10.1 Å². The van der Waals surface area contributed by atoms with Crippen molar-refractivity contribution in [1.82, 2.24) is 5.32 Å². The van der Waals surface area contributed by atoms with Crippen molar-refractivity contribution in [2.45, 2.75) is 40.5 Å². The second kappa shape index (κ2) is 9.83. The summed E-state index contributed by atoms with van der Waals surface area (Å²) in [5.74, 6) is -0.0603. The number of allylic oxidation sites excluding steroid dienone is 3. The lowest BCUT2D eigenvalue weighted by Gasteiger charge is -2.07. The monoisotopic (exact) mass is 269 g/mol. The Labute approximate surface area is 115 Å². The third-order valence-corrected chi connectivity index (χ3v) is 2.73. The Balaban J connectivity index is 4.05. The summed E-state index contributed by atoms with van der Waals surface area (Å²) in [6.45, 7) is 8.55. The average Bonchev–Trinajstić information content (AvgIpc) is 2.31. The summed E-state index contributed by atoms with van der Waals surface area (Å²) in [6.07, 6.45) is 6.29. The van der Waals surface area contributed by atoms with Gasteiger partial charge in [-0.05, 0) is 32.5 Å². The Kier molecular flexibility index (Phi) is 9.19. The second-order valence-electron chi connectivity index (χ2n) is 4.23. The molecule has 0 aromatic heterocycles. The van der Waals surface area contributed by atoms with Crippen molar-refractivity contribution in [3.05, 3.63) is 23.3 Å². The Morgan fingerprint density at radius 2 is 1.94 bits per heavy atom. The first-order valence-corrected chi connectivity index (χ1v) is 6.63. The third-order valence-electron chi connectivity index (χ3n) is 2.29. The van der Waals surface area contributed by atoms with E-state index in [4.69, 9.17) is 17.0 Å². The lowest BCUT2D eigenvalue weighted by atomic mass is 10.1. The fraction of sp³-hybridized carbons (Fsp3) is 0.571. The lowest BCUT2D eigenvalue weighted by Crippen LogP contribution is -2.25. The molecule has 0 aliphatic rings. The summed E-state index contributed by atoms with van der Waals surface area (Å²) in [5.41, 5.74) is 2.26. The van der Waals surface area contributed by atoms with Crippen molar-refractivity contribution < 1.29 is 9.53 Å². The van der Waals surface area contributed by atoms with Crippen molar-refractivity contribution >= 4 is 23.2 Å². The largest absolute Gasteiger partial charge is 0.481 e. The Bertz CT molecular complexity index is 346. The molecule has 0 atom stereocenters. The number of ether oxygens (including phenoxy) is 1. The van der Waals surface area contributed by atoms with Gasteiger partial charge in [-0.25, -0.2) is 0 Å². The molecule has 3 nitrogen and oxygen atoms in total. The maximum Gasteiger partial charge on any atom is 0.216 e. The van der Waals surface area contributed by atoms with Crippen LogP contribution in [0.2, 0.25) is 0 Å². The molecule has 18 heavy (non-hydrogen) atoms. The summed E-state index contributed by atoms with van der Waals surface area (Å²) in [6, 6.07) is 0. The van der Waals surface area contributed by atoms with Crippen LogP contribution in [-0.4, -0.2) is 24.1 Å². The molecule has 0 rings (SSSR count). The highest BCUT2D eigenvalue weighted by Gasteiger charge is 2.00. The molecule has 1 amide bonds. The van der Waals surface area contributed by atoms with Crippen molar-refractivity contribution in [3.63, 3.8) is 0 Å². The number of carbonyl (C=O) groups is 1. The van der Waals surface area contributed by atoms with Crippen molar-refractivity contribution in [2.24, 2.45) is 0 Å². The maximum absolute atomic E-state index is 10.6. The predicted octanol–water partition coefficient (Wildman–Crippen LogP) is 3.16. The van der Waals surface area contributed by atoms with Crippen molar-refractivity contribution in [1.29, 1.82) is 0 Å². The van der Waals surface area contributed by atoms with Gasteiger partial charge >= 0.3 is 0 Å². The molecule has 0 aliphatic heterocycles. The fourth-order valence-electron chi connectivity index (χ4n) is 1.30. The summed E-state index contributed by atoms with van der Waals surface area (Å²) in [7, 11) is 0. The highest BCUT2D eigenvalue weighted by Crippen LogP contribution is 2.06. The highest BCUT2D eigenvalue weighted by atomic mass is 32.1. The van der Waals surface area contributed by atoms with Crippen LogP contribution in [0.25, 0.3) is 0 Å². The van der Waals surface area contributed by atoms with Gasteiger partial charge in [-0.1, -0.05) is 31.1 Å². The molecular formula is C14H23NO2S. The third kappa shape index (κ3) is 8.93. The molecule has 0 saturated heterocycles. The van der Waals surface area contributed by atoms with Gasteiger partial charge in [0.05, 0.1) is 6.54 Å². The minimum atomic E-state index is -0.0603. The zero-order valence-electron chi connectivity index (χ0n) is 11.7. The summed E-state index contributed by atoms with van der Waals surface area (Å²) in [4.78, 5) is 10.6. The number of hydrogen-bond acceptors (Lipinski definition) is 3. The topological polar surface area (TPSA) is 38.3 Å². The molecule has 0 spiro atoms. The summed E-state index contributed by atoms with van der Waals surface area (Å²) >= 11 is 5.14. The summed E-state index contributed by atoms with van der Waals surface area (Å²) < 4.78 is 5.37. The fourth-order valence-corrected chi connectivity index (χ4v) is 1.45. The number of hydrogen-bond donors (Lipinski definition) is 1. The van der Waals surface area contributed by atoms with E-state index in [1.807, 2.05) is 13.0 Å². The van der Waals surface area contributed by atoms with Gasteiger partial charge in [0, 0.05) is 12.5 Å². The SMILES string of the molecule is CCC/C(C)=C/C=C(\C)C(=S)OCCNC(C)=O. The van der Waals surface area contributed by atoms with Crippen molar-refractivity contribution in [2.75, 3.05) is 13.2 Å². The van der Waals surface area contributed by atoms with Crippen LogP contribution in [0.3, 0.4) is 0 Å². The Hall–Kier alpha value is -1.16. The molecule has 0 aromatic carbocycles. The van der Waals surface area contributed by atoms with E-state index >= 15 is 0 Å². The molecule has 1 N–H and O–H groups in total. The number of nitrogens with one attached hydrogen (secondary N) is 1. The summed E-state index contributed by atoms with van der Waals surface area (Å²) in [5, 5.41) is 3.14. The van der Waals surface area contributed by atoms with Gasteiger partial charge in [0.2, 0.25) is 5.91 Å². The minimum absolute atomic E-state index is 0.0603. The molecule has 102 valence electrons. The molecule has 0 radical (unpaired) electrons. The van der Waals surface area contributed by atoms with Crippen LogP contribution in [0.5, 0.6) is 0 Å². The highest BCUT2D eigenvalue weighted by molar-refractivity contribution is 7.80.